The number of benzene rings is 1. The highest BCUT2D eigenvalue weighted by atomic mass is 15.3. The fourth-order valence-corrected chi connectivity index (χ4v) is 3.54. The Morgan fingerprint density at radius 2 is 1.69 bits per heavy atom. The van der Waals surface area contributed by atoms with Crippen LogP contribution in [0.1, 0.15) is 5.56 Å². The van der Waals surface area contributed by atoms with Gasteiger partial charge in [0.25, 0.3) is 0 Å². The summed E-state index contributed by atoms with van der Waals surface area (Å²) in [4.78, 5) is 21.7. The third-order valence-corrected chi connectivity index (χ3v) is 4.89. The summed E-state index contributed by atoms with van der Waals surface area (Å²) in [5, 5.41) is 3.43. The number of hydrogen-bond acceptors (Lipinski definition) is 7. The minimum absolute atomic E-state index is 0.612. The monoisotopic (exact) mass is 381 g/mol. The maximum Gasteiger partial charge on any atom is 0.139 e. The topological polar surface area (TPSA) is 70.1 Å². The number of hydrogen-bond donors (Lipinski definition) is 1. The third-order valence-electron chi connectivity index (χ3n) is 4.89. The van der Waals surface area contributed by atoms with Gasteiger partial charge in [-0.2, -0.15) is 0 Å². The molecule has 0 fully saturated rings. The van der Waals surface area contributed by atoms with Crippen molar-refractivity contribution >= 4 is 28.6 Å². The lowest BCUT2D eigenvalue weighted by Gasteiger charge is -2.27. The number of fused-ring (bicyclic) bond motifs is 1. The minimum Gasteiger partial charge on any atom is -0.366 e. The molecule has 1 aliphatic heterocycles. The molecule has 0 spiro atoms. The van der Waals surface area contributed by atoms with E-state index in [2.05, 4.69) is 48.3 Å². The lowest BCUT2D eigenvalue weighted by atomic mass is 10.2. The van der Waals surface area contributed by atoms with Crippen LogP contribution < -0.4 is 15.1 Å². The number of rotatable bonds is 5. The zero-order valence-electron chi connectivity index (χ0n) is 15.7. The van der Waals surface area contributed by atoms with E-state index in [1.807, 2.05) is 55.1 Å². The van der Waals surface area contributed by atoms with Gasteiger partial charge in [-0.1, -0.05) is 18.2 Å². The molecular formula is C22H19N7. The van der Waals surface area contributed by atoms with Crippen LogP contribution in [0, 0.1) is 0 Å². The molecule has 7 nitrogen and oxygen atoms in total. The number of nitrogens with zero attached hydrogens (tertiary/aromatic N) is 6. The Bertz CT molecular complexity index is 1060. The Labute approximate surface area is 168 Å². The largest absolute Gasteiger partial charge is 0.366 e. The van der Waals surface area contributed by atoms with E-state index >= 15 is 0 Å². The Morgan fingerprint density at radius 3 is 2.55 bits per heavy atom. The summed E-state index contributed by atoms with van der Waals surface area (Å²) in [6, 6.07) is 16.3. The van der Waals surface area contributed by atoms with Crippen molar-refractivity contribution in [2.45, 2.75) is 6.54 Å². The van der Waals surface area contributed by atoms with Crippen molar-refractivity contribution in [2.24, 2.45) is 0 Å². The molecule has 5 rings (SSSR count). The van der Waals surface area contributed by atoms with Crippen molar-refractivity contribution in [3.05, 3.63) is 91.4 Å². The first-order valence-corrected chi connectivity index (χ1v) is 9.37. The molecule has 7 heteroatoms. The molecule has 0 bridgehead atoms. The molecule has 1 aromatic carbocycles. The molecule has 1 aliphatic rings. The maximum absolute atomic E-state index is 4.71. The molecule has 4 heterocycles. The highest BCUT2D eigenvalue weighted by molar-refractivity contribution is 5.81. The second-order valence-corrected chi connectivity index (χ2v) is 6.66. The van der Waals surface area contributed by atoms with Gasteiger partial charge in [-0.25, -0.2) is 15.0 Å². The van der Waals surface area contributed by atoms with Crippen LogP contribution >= 0.6 is 0 Å². The number of anilines is 5. The van der Waals surface area contributed by atoms with Crippen LogP contribution in [0.15, 0.2) is 85.8 Å². The molecule has 142 valence electrons. The van der Waals surface area contributed by atoms with Gasteiger partial charge in [0.15, 0.2) is 0 Å². The molecule has 0 saturated heterocycles. The number of nitrogens with one attached hydrogen (secondary N) is 1. The smallest absolute Gasteiger partial charge is 0.139 e. The molecule has 0 amide bonds. The van der Waals surface area contributed by atoms with E-state index < -0.39 is 0 Å². The van der Waals surface area contributed by atoms with Gasteiger partial charge in [0, 0.05) is 18.0 Å². The summed E-state index contributed by atoms with van der Waals surface area (Å²) in [6.45, 7) is 1.30. The van der Waals surface area contributed by atoms with Gasteiger partial charge in [-0.3, -0.25) is 4.98 Å². The molecule has 0 atom stereocenters. The molecule has 0 unspecified atom stereocenters. The Kier molecular flexibility index (Phi) is 4.46. The first-order valence-electron chi connectivity index (χ1n) is 9.37. The molecular weight excluding hydrogens is 362 g/mol. The fourth-order valence-electron chi connectivity index (χ4n) is 3.54. The van der Waals surface area contributed by atoms with Gasteiger partial charge in [0.1, 0.15) is 12.1 Å². The molecule has 1 N–H and O–H groups in total. The minimum atomic E-state index is 0.612. The second-order valence-electron chi connectivity index (χ2n) is 6.66. The number of pyridine rings is 2. The van der Waals surface area contributed by atoms with Crippen LogP contribution in [0.25, 0.3) is 0 Å². The number of aromatic nitrogens is 4. The van der Waals surface area contributed by atoms with Crippen LogP contribution in [0.4, 0.5) is 28.6 Å². The van der Waals surface area contributed by atoms with E-state index in [1.165, 1.54) is 6.33 Å². The summed E-state index contributed by atoms with van der Waals surface area (Å²) >= 11 is 0. The number of para-hydroxylation sites is 2. The average Bonchev–Trinajstić information content (AvgIpc) is 3.23. The van der Waals surface area contributed by atoms with Gasteiger partial charge in [0.2, 0.25) is 0 Å². The van der Waals surface area contributed by atoms with Gasteiger partial charge < -0.3 is 15.1 Å². The molecule has 3 aromatic heterocycles. The predicted molar refractivity (Wildman–Crippen MR) is 113 cm³/mol. The van der Waals surface area contributed by atoms with E-state index in [1.54, 1.807) is 6.20 Å². The molecule has 4 aromatic rings. The normalized spacial score (nSPS) is 12.3. The SMILES string of the molecule is c1cncc(N(Cc2cccnc2N2CNc3ccccc32)c2cncnc2)c1. The van der Waals surface area contributed by atoms with Crippen molar-refractivity contribution in [2.75, 3.05) is 21.8 Å². The first kappa shape index (κ1) is 17.1. The van der Waals surface area contributed by atoms with E-state index in [0.717, 1.165) is 34.1 Å². The first-order chi connectivity index (χ1) is 14.4. The van der Waals surface area contributed by atoms with Crippen LogP contribution in [-0.2, 0) is 6.54 Å². The van der Waals surface area contributed by atoms with Crippen molar-refractivity contribution in [3.8, 4) is 0 Å². The summed E-state index contributed by atoms with van der Waals surface area (Å²) in [6.07, 6.45) is 10.6. The predicted octanol–water partition coefficient (Wildman–Crippen LogP) is 4.13. The van der Waals surface area contributed by atoms with E-state index in [-0.39, 0.29) is 0 Å². The summed E-state index contributed by atoms with van der Waals surface area (Å²) in [5.41, 5.74) is 5.21. The molecule has 29 heavy (non-hydrogen) atoms. The molecule has 0 saturated carbocycles. The summed E-state index contributed by atoms with van der Waals surface area (Å²) in [5.74, 6) is 0.927. The van der Waals surface area contributed by atoms with Crippen LogP contribution in [0.3, 0.4) is 0 Å². The average molecular weight is 381 g/mol. The van der Waals surface area contributed by atoms with Crippen molar-refractivity contribution in [3.63, 3.8) is 0 Å². The Hall–Kier alpha value is -4.00. The quantitative estimate of drug-likeness (QED) is 0.557. The third kappa shape index (κ3) is 3.34. The lowest BCUT2D eigenvalue weighted by molar-refractivity contribution is 0.925. The second kappa shape index (κ2) is 7.55. The van der Waals surface area contributed by atoms with Gasteiger partial charge in [-0.05, 0) is 30.3 Å². The van der Waals surface area contributed by atoms with Crippen molar-refractivity contribution in [1.82, 2.24) is 19.9 Å². The molecule has 0 radical (unpaired) electrons. The fraction of sp³-hybridized carbons (Fsp3) is 0.0909. The van der Waals surface area contributed by atoms with E-state index in [4.69, 9.17) is 4.98 Å². The lowest BCUT2D eigenvalue weighted by Crippen LogP contribution is -2.23. The van der Waals surface area contributed by atoms with Gasteiger partial charge in [0.05, 0.1) is 54.6 Å². The Morgan fingerprint density at radius 1 is 0.862 bits per heavy atom. The highest BCUT2D eigenvalue weighted by Gasteiger charge is 2.23. The van der Waals surface area contributed by atoms with E-state index in [0.29, 0.717) is 13.2 Å². The highest BCUT2D eigenvalue weighted by Crippen LogP contribution is 2.38. The van der Waals surface area contributed by atoms with Crippen molar-refractivity contribution < 1.29 is 0 Å². The van der Waals surface area contributed by atoms with Gasteiger partial charge in [-0.15, -0.1) is 0 Å². The van der Waals surface area contributed by atoms with Crippen molar-refractivity contribution in [1.29, 1.82) is 0 Å². The van der Waals surface area contributed by atoms with Gasteiger partial charge >= 0.3 is 0 Å². The Balaban J connectivity index is 1.54. The molecule has 0 aliphatic carbocycles. The summed E-state index contributed by atoms with van der Waals surface area (Å²) in [7, 11) is 0. The van der Waals surface area contributed by atoms with Crippen LogP contribution in [-0.4, -0.2) is 26.6 Å². The maximum atomic E-state index is 4.71. The zero-order valence-corrected chi connectivity index (χ0v) is 15.7. The van der Waals surface area contributed by atoms with Crippen LogP contribution in [0.2, 0.25) is 0 Å². The van der Waals surface area contributed by atoms with Crippen LogP contribution in [0.5, 0.6) is 0 Å². The standard InChI is InChI=1S/C22H19N7/c1-2-8-21-20(7-1)27-16-29(21)22-17(5-3-10-26-22)14-28(18-6-4-9-23-11-18)19-12-24-15-25-13-19/h1-13,15,27H,14,16H2. The zero-order chi connectivity index (χ0) is 19.5. The summed E-state index contributed by atoms with van der Waals surface area (Å²) < 4.78 is 0. The van der Waals surface area contributed by atoms with E-state index in [9.17, 15) is 0 Å².